The highest BCUT2D eigenvalue weighted by Crippen LogP contribution is 2.34. The zero-order chi connectivity index (χ0) is 22.7. The summed E-state index contributed by atoms with van der Waals surface area (Å²) in [6, 6.07) is 13.3. The monoisotopic (exact) mass is 435 g/mol. The van der Waals surface area contributed by atoms with Gasteiger partial charge in [0.1, 0.15) is 11.8 Å². The molecule has 1 saturated heterocycles. The van der Waals surface area contributed by atoms with E-state index in [1.165, 1.54) is 4.90 Å². The fraction of sp³-hybridized carbons (Fsp3) is 0.400. The summed E-state index contributed by atoms with van der Waals surface area (Å²) in [6.45, 7) is 4.43. The second-order valence-corrected chi connectivity index (χ2v) is 8.36. The minimum atomic E-state index is -0.797. The van der Waals surface area contributed by atoms with Crippen LogP contribution in [0.1, 0.15) is 44.6 Å². The lowest BCUT2D eigenvalue weighted by Crippen LogP contribution is -2.43. The molecule has 1 aliphatic heterocycles. The molecule has 1 atom stereocenters. The number of nitrogens with zero attached hydrogens (tertiary/aromatic N) is 2. The van der Waals surface area contributed by atoms with Crippen LogP contribution in [0, 0.1) is 6.92 Å². The summed E-state index contributed by atoms with van der Waals surface area (Å²) in [4.78, 5) is 42.4. The maximum atomic E-state index is 13.3. The lowest BCUT2D eigenvalue weighted by molar-refractivity contribution is -0.124. The number of imide groups is 1. The Labute approximate surface area is 188 Å². The number of hydrogen-bond donors (Lipinski definition) is 1. The zero-order valence-corrected chi connectivity index (χ0v) is 18.5. The number of aryl methyl sites for hydroxylation is 1. The van der Waals surface area contributed by atoms with Gasteiger partial charge in [-0.2, -0.15) is 0 Å². The predicted molar refractivity (Wildman–Crippen MR) is 123 cm³/mol. The molecule has 0 bridgehead atoms. The average molecular weight is 436 g/mol. The van der Waals surface area contributed by atoms with Crippen molar-refractivity contribution in [2.75, 3.05) is 16.8 Å². The van der Waals surface area contributed by atoms with E-state index in [4.69, 9.17) is 4.74 Å². The maximum absolute atomic E-state index is 13.3. The quantitative estimate of drug-likeness (QED) is 0.650. The van der Waals surface area contributed by atoms with E-state index in [0.29, 0.717) is 18.0 Å². The van der Waals surface area contributed by atoms with Crippen LogP contribution in [0.15, 0.2) is 48.5 Å². The molecule has 4 rings (SSSR count). The number of carbonyl (C=O) groups is 3. The third-order valence-electron chi connectivity index (χ3n) is 6.09. The number of carbonyl (C=O) groups excluding carboxylic acids is 3. The van der Waals surface area contributed by atoms with Crippen molar-refractivity contribution < 1.29 is 19.1 Å². The van der Waals surface area contributed by atoms with Crippen LogP contribution in [-0.4, -0.2) is 41.4 Å². The topological polar surface area (TPSA) is 79.0 Å². The van der Waals surface area contributed by atoms with Crippen molar-refractivity contribution in [2.45, 2.75) is 58.0 Å². The van der Waals surface area contributed by atoms with Gasteiger partial charge in [0, 0.05) is 11.7 Å². The van der Waals surface area contributed by atoms with E-state index >= 15 is 0 Å². The second-order valence-electron chi connectivity index (χ2n) is 8.36. The summed E-state index contributed by atoms with van der Waals surface area (Å²) in [6.07, 6.45) is 3.70. The molecule has 2 aromatic rings. The van der Waals surface area contributed by atoms with Gasteiger partial charge in [0.25, 0.3) is 5.91 Å². The lowest BCUT2D eigenvalue weighted by Gasteiger charge is -2.27. The van der Waals surface area contributed by atoms with Gasteiger partial charge in [0.15, 0.2) is 0 Å². The predicted octanol–water partition coefficient (Wildman–Crippen LogP) is 4.50. The molecule has 4 amide bonds. The molecule has 1 heterocycles. The average Bonchev–Trinajstić information content (AvgIpc) is 3.38. The molecule has 0 spiro atoms. The van der Waals surface area contributed by atoms with Gasteiger partial charge in [0.2, 0.25) is 5.91 Å². The van der Waals surface area contributed by atoms with Crippen molar-refractivity contribution in [1.82, 2.24) is 4.90 Å². The molecule has 7 nitrogen and oxygen atoms in total. The third kappa shape index (κ3) is 4.47. The number of urea groups is 1. The molecular formula is C25H29N3O4. The Morgan fingerprint density at radius 3 is 2.31 bits per heavy atom. The van der Waals surface area contributed by atoms with E-state index in [1.54, 1.807) is 41.3 Å². The fourth-order valence-electron chi connectivity index (χ4n) is 4.51. The SMILES string of the molecule is CCOc1ccc(NC(=O)C[C@H]2C(=O)N(c3ccc(C)cc3)C(=O)N2C2CCCC2)cc1. The summed E-state index contributed by atoms with van der Waals surface area (Å²) in [5.74, 6) is 0.0878. The zero-order valence-electron chi connectivity index (χ0n) is 18.5. The molecule has 7 heteroatoms. The van der Waals surface area contributed by atoms with Crippen LogP contribution < -0.4 is 15.0 Å². The smallest absolute Gasteiger partial charge is 0.332 e. The summed E-state index contributed by atoms with van der Waals surface area (Å²) >= 11 is 0. The molecule has 2 aromatic carbocycles. The normalized spacial score (nSPS) is 19.0. The highest BCUT2D eigenvalue weighted by Gasteiger charge is 2.49. The maximum Gasteiger partial charge on any atom is 0.332 e. The summed E-state index contributed by atoms with van der Waals surface area (Å²) in [5.41, 5.74) is 2.22. The first kappa shape index (κ1) is 21.9. The standard InChI is InChI=1S/C25H29N3O4/c1-3-32-21-14-10-18(11-15-21)26-23(29)16-22-24(30)28(20-12-8-17(2)9-13-20)25(31)27(22)19-6-4-5-7-19/h8-15,19,22H,3-7,16H2,1-2H3,(H,26,29)/t22-/m0/s1. The molecule has 2 fully saturated rings. The summed E-state index contributed by atoms with van der Waals surface area (Å²) < 4.78 is 5.42. The number of anilines is 2. The molecule has 0 radical (unpaired) electrons. The number of benzene rings is 2. The molecule has 1 N–H and O–H groups in total. The summed E-state index contributed by atoms with van der Waals surface area (Å²) in [7, 11) is 0. The van der Waals surface area contributed by atoms with Crippen LogP contribution in [0.5, 0.6) is 5.75 Å². The first-order valence-corrected chi connectivity index (χ1v) is 11.2. The number of ether oxygens (including phenoxy) is 1. The van der Waals surface area contributed by atoms with Crippen LogP contribution >= 0.6 is 0 Å². The minimum Gasteiger partial charge on any atom is -0.494 e. The van der Waals surface area contributed by atoms with E-state index in [-0.39, 0.29) is 30.3 Å². The van der Waals surface area contributed by atoms with Gasteiger partial charge in [-0.25, -0.2) is 9.69 Å². The Morgan fingerprint density at radius 2 is 1.69 bits per heavy atom. The number of rotatable bonds is 7. The van der Waals surface area contributed by atoms with Crippen molar-refractivity contribution in [1.29, 1.82) is 0 Å². The van der Waals surface area contributed by atoms with Crippen LogP contribution in [-0.2, 0) is 9.59 Å². The van der Waals surface area contributed by atoms with Crippen LogP contribution in [0.3, 0.4) is 0 Å². The van der Waals surface area contributed by atoms with E-state index in [2.05, 4.69) is 5.32 Å². The van der Waals surface area contributed by atoms with Crippen molar-refractivity contribution in [3.63, 3.8) is 0 Å². The van der Waals surface area contributed by atoms with Crippen LogP contribution in [0.4, 0.5) is 16.2 Å². The highest BCUT2D eigenvalue weighted by atomic mass is 16.5. The largest absolute Gasteiger partial charge is 0.494 e. The first-order chi connectivity index (χ1) is 15.5. The fourth-order valence-corrected chi connectivity index (χ4v) is 4.51. The lowest BCUT2D eigenvalue weighted by atomic mass is 10.1. The second kappa shape index (κ2) is 9.42. The molecule has 32 heavy (non-hydrogen) atoms. The molecular weight excluding hydrogens is 406 g/mol. The van der Waals surface area contributed by atoms with Crippen LogP contribution in [0.25, 0.3) is 0 Å². The number of amides is 4. The molecule has 168 valence electrons. The number of hydrogen-bond acceptors (Lipinski definition) is 4. The van der Waals surface area contributed by atoms with Gasteiger partial charge >= 0.3 is 6.03 Å². The Kier molecular flexibility index (Phi) is 6.44. The van der Waals surface area contributed by atoms with Crippen molar-refractivity contribution in [3.8, 4) is 5.75 Å². The Bertz CT molecular complexity index is 981. The molecule has 1 aliphatic carbocycles. The third-order valence-corrected chi connectivity index (χ3v) is 6.09. The van der Waals surface area contributed by atoms with Gasteiger partial charge in [-0.1, -0.05) is 30.5 Å². The van der Waals surface area contributed by atoms with E-state index in [9.17, 15) is 14.4 Å². The first-order valence-electron chi connectivity index (χ1n) is 11.2. The van der Waals surface area contributed by atoms with Gasteiger partial charge in [-0.05, 0) is 63.1 Å². The number of nitrogens with one attached hydrogen (secondary N) is 1. The Hall–Kier alpha value is -3.35. The van der Waals surface area contributed by atoms with Crippen molar-refractivity contribution >= 4 is 29.2 Å². The van der Waals surface area contributed by atoms with Crippen molar-refractivity contribution in [2.24, 2.45) is 0 Å². The Morgan fingerprint density at radius 1 is 1.03 bits per heavy atom. The van der Waals surface area contributed by atoms with E-state index < -0.39 is 6.04 Å². The molecule has 0 unspecified atom stereocenters. The molecule has 2 aliphatic rings. The summed E-state index contributed by atoms with van der Waals surface area (Å²) in [5, 5.41) is 2.84. The van der Waals surface area contributed by atoms with E-state index in [0.717, 1.165) is 37.0 Å². The molecule has 1 saturated carbocycles. The Balaban J connectivity index is 1.52. The van der Waals surface area contributed by atoms with E-state index in [1.807, 2.05) is 26.0 Å². The highest BCUT2D eigenvalue weighted by molar-refractivity contribution is 6.22. The van der Waals surface area contributed by atoms with Gasteiger partial charge in [-0.15, -0.1) is 0 Å². The van der Waals surface area contributed by atoms with Crippen molar-refractivity contribution in [3.05, 3.63) is 54.1 Å². The van der Waals surface area contributed by atoms with Crippen LogP contribution in [0.2, 0.25) is 0 Å². The van der Waals surface area contributed by atoms with Gasteiger partial charge in [0.05, 0.1) is 18.7 Å². The minimum absolute atomic E-state index is 0.00910. The molecule has 0 aromatic heterocycles. The van der Waals surface area contributed by atoms with Gasteiger partial charge < -0.3 is 15.0 Å². The van der Waals surface area contributed by atoms with Gasteiger partial charge in [-0.3, -0.25) is 9.59 Å².